The van der Waals surface area contributed by atoms with Gasteiger partial charge < -0.3 is 4.90 Å². The van der Waals surface area contributed by atoms with E-state index in [4.69, 9.17) is 0 Å². The molecular weight excluding hydrogens is 430 g/mol. The Balaban J connectivity index is 1.70. The number of nitrogens with zero attached hydrogens (tertiary/aromatic N) is 3. The molecule has 7 nitrogen and oxygen atoms in total. The molecule has 0 aliphatic carbocycles. The maximum absolute atomic E-state index is 12.8. The summed E-state index contributed by atoms with van der Waals surface area (Å²) in [5.41, 5.74) is 2.09. The molecule has 3 aromatic rings. The third-order valence-corrected chi connectivity index (χ3v) is 7.43. The number of aromatic nitrogens is 3. The molecule has 3 rings (SSSR count). The van der Waals surface area contributed by atoms with E-state index in [0.29, 0.717) is 24.5 Å². The van der Waals surface area contributed by atoms with Crippen molar-refractivity contribution >= 4 is 21.4 Å². The first kappa shape index (κ1) is 23.6. The van der Waals surface area contributed by atoms with Gasteiger partial charge in [0.2, 0.25) is 10.0 Å². The molecule has 2 heterocycles. The lowest BCUT2D eigenvalue weighted by Gasteiger charge is -2.19. The van der Waals surface area contributed by atoms with E-state index in [-0.39, 0.29) is 5.75 Å². The fourth-order valence-electron chi connectivity index (χ4n) is 3.45. The summed E-state index contributed by atoms with van der Waals surface area (Å²) in [6.07, 6.45) is 1.93. The molecule has 0 spiro atoms. The van der Waals surface area contributed by atoms with Crippen molar-refractivity contribution in [1.29, 1.82) is 0 Å². The van der Waals surface area contributed by atoms with E-state index in [1.165, 1.54) is 0 Å². The number of H-pyrrole nitrogens is 1. The van der Waals surface area contributed by atoms with Gasteiger partial charge in [-0.2, -0.15) is 16.4 Å². The maximum atomic E-state index is 12.8. The van der Waals surface area contributed by atoms with Gasteiger partial charge in [0, 0.05) is 10.9 Å². The van der Waals surface area contributed by atoms with Gasteiger partial charge in [-0.25, -0.2) is 18.1 Å². The van der Waals surface area contributed by atoms with E-state index in [0.717, 1.165) is 37.2 Å². The molecule has 31 heavy (non-hydrogen) atoms. The van der Waals surface area contributed by atoms with Crippen molar-refractivity contribution in [2.24, 2.45) is 0 Å². The van der Waals surface area contributed by atoms with E-state index >= 15 is 0 Å². The molecule has 2 aromatic heterocycles. The number of benzene rings is 1. The Morgan fingerprint density at radius 2 is 1.94 bits per heavy atom. The second kappa shape index (κ2) is 11.5. The van der Waals surface area contributed by atoms with Gasteiger partial charge in [0.05, 0.1) is 11.8 Å². The van der Waals surface area contributed by atoms with Crippen LogP contribution in [0.25, 0.3) is 11.4 Å². The van der Waals surface area contributed by atoms with Crippen LogP contribution in [0.2, 0.25) is 0 Å². The van der Waals surface area contributed by atoms with Gasteiger partial charge in [-0.15, -0.1) is 0 Å². The molecule has 2 N–H and O–H groups in total. The monoisotopic (exact) mass is 461 g/mol. The largest absolute Gasteiger partial charge is 0.304 e. The fraction of sp³-hybridized carbons (Fsp3) is 0.455. The molecule has 0 unspecified atom stereocenters. The van der Waals surface area contributed by atoms with Crippen molar-refractivity contribution in [1.82, 2.24) is 24.8 Å². The van der Waals surface area contributed by atoms with Gasteiger partial charge >= 0.3 is 0 Å². The lowest BCUT2D eigenvalue weighted by atomic mass is 10.1. The normalized spacial score (nSPS) is 13.0. The summed E-state index contributed by atoms with van der Waals surface area (Å²) in [5, 5.41) is 11.2. The Labute approximate surface area is 189 Å². The second-order valence-electron chi connectivity index (χ2n) is 7.45. The van der Waals surface area contributed by atoms with E-state index in [2.05, 4.69) is 38.7 Å². The number of aryl methyl sites for hydroxylation is 1. The van der Waals surface area contributed by atoms with Crippen LogP contribution >= 0.6 is 11.3 Å². The van der Waals surface area contributed by atoms with Crippen LogP contribution in [0.5, 0.6) is 0 Å². The van der Waals surface area contributed by atoms with Crippen LogP contribution in [0.3, 0.4) is 0 Å². The van der Waals surface area contributed by atoms with Crippen LogP contribution < -0.4 is 4.72 Å². The second-order valence-corrected chi connectivity index (χ2v) is 10.1. The standard InChI is InChI=1S/C22H31N5O2S2/c1-3-27(4-2)14-8-16-31(28,29)26-20(12-11-18-9-6-5-7-10-18)22-23-21(24-25-22)19-13-15-30-17-19/h5-7,9-10,13,15,17,20,26H,3-4,8,11-12,14,16H2,1-2H3,(H,23,24,25)/t20-/m1/s1. The van der Waals surface area contributed by atoms with Crippen LogP contribution in [0.4, 0.5) is 0 Å². The smallest absolute Gasteiger partial charge is 0.212 e. The third-order valence-electron chi connectivity index (χ3n) is 5.28. The first-order valence-corrected chi connectivity index (χ1v) is 13.3. The summed E-state index contributed by atoms with van der Waals surface area (Å²) in [6.45, 7) is 6.79. The molecule has 9 heteroatoms. The van der Waals surface area contributed by atoms with Crippen LogP contribution in [0, 0.1) is 0 Å². The summed E-state index contributed by atoms with van der Waals surface area (Å²) in [4.78, 5) is 6.82. The van der Waals surface area contributed by atoms with Gasteiger partial charge in [0.25, 0.3) is 0 Å². The Morgan fingerprint density at radius 3 is 2.61 bits per heavy atom. The number of thiophene rings is 1. The summed E-state index contributed by atoms with van der Waals surface area (Å²) in [5.74, 6) is 1.22. The summed E-state index contributed by atoms with van der Waals surface area (Å²) >= 11 is 1.58. The quantitative estimate of drug-likeness (QED) is 0.403. The lowest BCUT2D eigenvalue weighted by molar-refractivity contribution is 0.304. The first-order chi connectivity index (χ1) is 15.0. The van der Waals surface area contributed by atoms with E-state index in [1.54, 1.807) is 11.3 Å². The molecule has 0 radical (unpaired) electrons. The molecule has 0 saturated heterocycles. The van der Waals surface area contributed by atoms with Crippen LogP contribution in [0.1, 0.15) is 44.1 Å². The highest BCUT2D eigenvalue weighted by atomic mass is 32.2. The molecule has 0 saturated carbocycles. The number of aromatic amines is 1. The number of hydrogen-bond donors (Lipinski definition) is 2. The minimum absolute atomic E-state index is 0.0941. The number of hydrogen-bond acceptors (Lipinski definition) is 6. The van der Waals surface area contributed by atoms with Crippen molar-refractivity contribution in [2.75, 3.05) is 25.4 Å². The zero-order valence-corrected chi connectivity index (χ0v) is 19.8. The Morgan fingerprint density at radius 1 is 1.16 bits per heavy atom. The van der Waals surface area contributed by atoms with Gasteiger partial charge in [-0.1, -0.05) is 44.2 Å². The Kier molecular flexibility index (Phi) is 8.77. The average Bonchev–Trinajstić information content (AvgIpc) is 3.47. The van der Waals surface area contributed by atoms with Gasteiger partial charge in [0.1, 0.15) is 5.82 Å². The number of rotatable bonds is 13. The molecule has 0 bridgehead atoms. The Bertz CT molecular complexity index is 1000. The zero-order chi connectivity index (χ0) is 22.1. The summed E-state index contributed by atoms with van der Waals surface area (Å²) in [6, 6.07) is 11.5. The highest BCUT2D eigenvalue weighted by Crippen LogP contribution is 2.22. The third kappa shape index (κ3) is 7.24. The van der Waals surface area contributed by atoms with Crippen molar-refractivity contribution in [3.05, 3.63) is 58.5 Å². The van der Waals surface area contributed by atoms with Gasteiger partial charge in [-0.3, -0.25) is 5.10 Å². The first-order valence-electron chi connectivity index (χ1n) is 10.7. The van der Waals surface area contributed by atoms with E-state index in [9.17, 15) is 8.42 Å². The molecule has 1 aromatic carbocycles. The van der Waals surface area contributed by atoms with Crippen molar-refractivity contribution in [2.45, 2.75) is 39.2 Å². The molecular formula is C22H31N5O2S2. The summed E-state index contributed by atoms with van der Waals surface area (Å²) in [7, 11) is -3.45. The van der Waals surface area contributed by atoms with E-state index in [1.807, 2.05) is 47.2 Å². The van der Waals surface area contributed by atoms with Crippen LogP contribution in [-0.4, -0.2) is 53.9 Å². The van der Waals surface area contributed by atoms with Gasteiger partial charge in [-0.05, 0) is 55.9 Å². The molecule has 0 aliphatic rings. The number of nitrogens with one attached hydrogen (secondary N) is 2. The number of sulfonamides is 1. The van der Waals surface area contributed by atoms with Crippen molar-refractivity contribution in [3.8, 4) is 11.4 Å². The van der Waals surface area contributed by atoms with Gasteiger partial charge in [0.15, 0.2) is 5.82 Å². The highest BCUT2D eigenvalue weighted by molar-refractivity contribution is 7.89. The fourth-order valence-corrected chi connectivity index (χ4v) is 5.38. The summed E-state index contributed by atoms with van der Waals surface area (Å²) < 4.78 is 28.5. The maximum Gasteiger partial charge on any atom is 0.212 e. The molecule has 0 amide bonds. The lowest BCUT2D eigenvalue weighted by Crippen LogP contribution is -2.33. The molecule has 1 atom stereocenters. The highest BCUT2D eigenvalue weighted by Gasteiger charge is 2.23. The van der Waals surface area contributed by atoms with Crippen LogP contribution in [-0.2, 0) is 16.4 Å². The SMILES string of the molecule is CCN(CC)CCCS(=O)(=O)N[C@H](CCc1ccccc1)c1nc(-c2ccsc2)n[nH]1. The predicted molar refractivity (Wildman–Crippen MR) is 127 cm³/mol. The van der Waals surface area contributed by atoms with E-state index < -0.39 is 16.1 Å². The van der Waals surface area contributed by atoms with Crippen molar-refractivity contribution in [3.63, 3.8) is 0 Å². The van der Waals surface area contributed by atoms with Crippen molar-refractivity contribution < 1.29 is 8.42 Å². The topological polar surface area (TPSA) is 91.0 Å². The predicted octanol–water partition coefficient (Wildman–Crippen LogP) is 3.86. The molecule has 0 aliphatic heterocycles. The van der Waals surface area contributed by atoms with Crippen LogP contribution in [0.15, 0.2) is 47.2 Å². The minimum atomic E-state index is -3.45. The average molecular weight is 462 g/mol. The zero-order valence-electron chi connectivity index (χ0n) is 18.1. The molecule has 0 fully saturated rings. The molecule has 168 valence electrons. The Hall–Kier alpha value is -2.07. The minimum Gasteiger partial charge on any atom is -0.304 e.